The average Bonchev–Trinajstić information content (AvgIpc) is 3.35. The summed E-state index contributed by atoms with van der Waals surface area (Å²) in [4.78, 5) is 16.9. The van der Waals surface area contributed by atoms with Crippen LogP contribution in [0.4, 0.5) is 0 Å². The van der Waals surface area contributed by atoms with Crippen molar-refractivity contribution >= 4 is 39.2 Å². The summed E-state index contributed by atoms with van der Waals surface area (Å²) in [5.41, 5.74) is 1.91. The number of allylic oxidation sites excluding steroid dienone is 1. The summed E-state index contributed by atoms with van der Waals surface area (Å²) in [6, 6.07) is 20.8. The Morgan fingerprint density at radius 3 is 2.59 bits per heavy atom. The zero-order chi connectivity index (χ0) is 18.5. The molecule has 0 unspecified atom stereocenters. The van der Waals surface area contributed by atoms with Crippen molar-refractivity contribution in [1.82, 2.24) is 4.98 Å². The Labute approximate surface area is 160 Å². The molecule has 0 aliphatic carbocycles. The zero-order valence-corrected chi connectivity index (χ0v) is 15.3. The summed E-state index contributed by atoms with van der Waals surface area (Å²) in [5.74, 6) is 1.02. The number of carbonyl (C=O) groups excluding carboxylic acids is 1. The van der Waals surface area contributed by atoms with Gasteiger partial charge in [0.15, 0.2) is 0 Å². The van der Waals surface area contributed by atoms with Crippen LogP contribution >= 0.6 is 11.3 Å². The Hall–Kier alpha value is -3.18. The standard InChI is InChI=1S/C22H17NO3S/c24-21(26-17-7-2-1-3-8-17)13-12-16(15-18-9-6-14-25-18)22-23-19-10-4-5-11-20(19)27-22/h1-11,14-15H,12-13H2. The number of hydrogen-bond acceptors (Lipinski definition) is 5. The van der Waals surface area contributed by atoms with Gasteiger partial charge in [-0.3, -0.25) is 4.79 Å². The maximum atomic E-state index is 12.2. The number of furan rings is 1. The first-order chi connectivity index (χ1) is 13.3. The molecular formula is C22H17NO3S. The number of rotatable bonds is 6. The molecule has 0 spiro atoms. The van der Waals surface area contributed by atoms with Crippen LogP contribution in [-0.2, 0) is 4.79 Å². The molecule has 0 saturated carbocycles. The highest BCUT2D eigenvalue weighted by Crippen LogP contribution is 2.31. The van der Waals surface area contributed by atoms with E-state index in [4.69, 9.17) is 14.1 Å². The molecule has 2 heterocycles. The van der Waals surface area contributed by atoms with Crippen molar-refractivity contribution < 1.29 is 13.9 Å². The fourth-order valence-electron chi connectivity index (χ4n) is 2.70. The molecule has 0 bridgehead atoms. The van der Waals surface area contributed by atoms with Gasteiger partial charge in [0.1, 0.15) is 16.5 Å². The van der Waals surface area contributed by atoms with Crippen molar-refractivity contribution in [2.24, 2.45) is 0 Å². The lowest BCUT2D eigenvalue weighted by atomic mass is 10.1. The number of para-hydroxylation sites is 2. The van der Waals surface area contributed by atoms with Crippen LogP contribution in [0.3, 0.4) is 0 Å². The third kappa shape index (κ3) is 4.33. The largest absolute Gasteiger partial charge is 0.465 e. The quantitative estimate of drug-likeness (QED) is 0.315. The first-order valence-corrected chi connectivity index (χ1v) is 9.45. The number of hydrogen-bond donors (Lipinski definition) is 0. The number of thiazole rings is 1. The summed E-state index contributed by atoms with van der Waals surface area (Å²) < 4.78 is 11.9. The van der Waals surface area contributed by atoms with E-state index in [2.05, 4.69) is 0 Å². The minimum absolute atomic E-state index is 0.261. The van der Waals surface area contributed by atoms with Crippen LogP contribution < -0.4 is 4.74 Å². The van der Waals surface area contributed by atoms with E-state index in [1.54, 1.807) is 29.7 Å². The highest BCUT2D eigenvalue weighted by atomic mass is 32.1. The number of benzene rings is 2. The van der Waals surface area contributed by atoms with Gasteiger partial charge in [0.2, 0.25) is 0 Å². The van der Waals surface area contributed by atoms with E-state index < -0.39 is 0 Å². The van der Waals surface area contributed by atoms with Crippen molar-refractivity contribution in [3.63, 3.8) is 0 Å². The first-order valence-electron chi connectivity index (χ1n) is 8.64. The maximum absolute atomic E-state index is 12.2. The van der Waals surface area contributed by atoms with E-state index in [0.717, 1.165) is 26.6 Å². The predicted molar refractivity (Wildman–Crippen MR) is 108 cm³/mol. The summed E-state index contributed by atoms with van der Waals surface area (Å²) in [6.45, 7) is 0. The maximum Gasteiger partial charge on any atom is 0.311 e. The van der Waals surface area contributed by atoms with Crippen molar-refractivity contribution in [2.75, 3.05) is 0 Å². The van der Waals surface area contributed by atoms with Gasteiger partial charge in [-0.05, 0) is 54.5 Å². The van der Waals surface area contributed by atoms with Gasteiger partial charge in [-0.2, -0.15) is 0 Å². The molecule has 0 N–H and O–H groups in total. The van der Waals surface area contributed by atoms with Crippen LogP contribution in [0.1, 0.15) is 23.6 Å². The van der Waals surface area contributed by atoms with Gasteiger partial charge >= 0.3 is 5.97 Å². The molecule has 2 aromatic carbocycles. The molecule has 0 radical (unpaired) electrons. The molecule has 0 aliphatic rings. The van der Waals surface area contributed by atoms with E-state index in [-0.39, 0.29) is 12.4 Å². The fraction of sp³-hybridized carbons (Fsp3) is 0.0909. The molecule has 4 nitrogen and oxygen atoms in total. The molecule has 0 amide bonds. The van der Waals surface area contributed by atoms with Crippen molar-refractivity contribution in [3.05, 3.63) is 83.8 Å². The van der Waals surface area contributed by atoms with Gasteiger partial charge in [0.05, 0.1) is 22.9 Å². The third-order valence-electron chi connectivity index (χ3n) is 4.00. The number of fused-ring (bicyclic) bond motifs is 1. The molecule has 134 valence electrons. The Morgan fingerprint density at radius 1 is 1.00 bits per heavy atom. The lowest BCUT2D eigenvalue weighted by Crippen LogP contribution is -2.07. The summed E-state index contributed by atoms with van der Waals surface area (Å²) in [5, 5.41) is 0.889. The second kappa shape index (κ2) is 8.01. The Kier molecular flexibility index (Phi) is 5.12. The molecule has 5 heteroatoms. The first kappa shape index (κ1) is 17.2. The lowest BCUT2D eigenvalue weighted by Gasteiger charge is -2.06. The van der Waals surface area contributed by atoms with Gasteiger partial charge < -0.3 is 9.15 Å². The molecule has 4 rings (SSSR count). The number of nitrogens with zero attached hydrogens (tertiary/aromatic N) is 1. The summed E-state index contributed by atoms with van der Waals surface area (Å²) >= 11 is 1.61. The summed E-state index contributed by atoms with van der Waals surface area (Å²) in [7, 11) is 0. The summed E-state index contributed by atoms with van der Waals surface area (Å²) in [6.07, 6.45) is 4.35. The van der Waals surface area contributed by atoms with Crippen molar-refractivity contribution in [1.29, 1.82) is 0 Å². The van der Waals surface area contributed by atoms with E-state index in [1.165, 1.54) is 0 Å². The highest BCUT2D eigenvalue weighted by molar-refractivity contribution is 7.19. The molecule has 2 aromatic heterocycles. The van der Waals surface area contributed by atoms with Crippen molar-refractivity contribution in [2.45, 2.75) is 12.8 Å². The number of esters is 1. The fourth-order valence-corrected chi connectivity index (χ4v) is 3.71. The van der Waals surface area contributed by atoms with Crippen molar-refractivity contribution in [3.8, 4) is 5.75 Å². The zero-order valence-electron chi connectivity index (χ0n) is 14.5. The van der Waals surface area contributed by atoms with Crippen LogP contribution in [0, 0.1) is 0 Å². The van der Waals surface area contributed by atoms with E-state index in [1.807, 2.05) is 60.7 Å². The molecule has 0 saturated heterocycles. The topological polar surface area (TPSA) is 52.3 Å². The average molecular weight is 375 g/mol. The van der Waals surface area contributed by atoms with Gasteiger partial charge in [0, 0.05) is 0 Å². The minimum Gasteiger partial charge on any atom is -0.465 e. The van der Waals surface area contributed by atoms with E-state index in [9.17, 15) is 4.79 Å². The molecule has 27 heavy (non-hydrogen) atoms. The van der Waals surface area contributed by atoms with Gasteiger partial charge in [0.25, 0.3) is 0 Å². The van der Waals surface area contributed by atoms with Crippen LogP contribution in [0.5, 0.6) is 5.75 Å². The normalized spacial score (nSPS) is 11.6. The van der Waals surface area contributed by atoms with Crippen LogP contribution in [0.2, 0.25) is 0 Å². The minimum atomic E-state index is -0.271. The molecule has 0 atom stereocenters. The van der Waals surface area contributed by atoms with Crippen LogP contribution in [0.25, 0.3) is 21.9 Å². The third-order valence-corrected chi connectivity index (χ3v) is 5.11. The lowest BCUT2D eigenvalue weighted by molar-refractivity contribution is -0.134. The van der Waals surface area contributed by atoms with Gasteiger partial charge in [-0.15, -0.1) is 11.3 Å². The SMILES string of the molecule is O=C(CCC(=Cc1ccco1)c1nc2ccccc2s1)Oc1ccccc1. The van der Waals surface area contributed by atoms with Gasteiger partial charge in [-0.1, -0.05) is 30.3 Å². The smallest absolute Gasteiger partial charge is 0.311 e. The van der Waals surface area contributed by atoms with Crippen LogP contribution in [0.15, 0.2) is 77.4 Å². The molecule has 4 aromatic rings. The highest BCUT2D eigenvalue weighted by Gasteiger charge is 2.13. The second-order valence-corrected chi connectivity index (χ2v) is 6.99. The van der Waals surface area contributed by atoms with Gasteiger partial charge in [-0.25, -0.2) is 4.98 Å². The predicted octanol–water partition coefficient (Wildman–Crippen LogP) is 5.82. The van der Waals surface area contributed by atoms with Crippen LogP contribution in [-0.4, -0.2) is 11.0 Å². The molecular weight excluding hydrogens is 358 g/mol. The number of aromatic nitrogens is 1. The molecule has 0 fully saturated rings. The Bertz CT molecular complexity index is 1030. The number of carbonyl (C=O) groups is 1. The van der Waals surface area contributed by atoms with E-state index >= 15 is 0 Å². The molecule has 0 aliphatic heterocycles. The van der Waals surface area contributed by atoms with E-state index in [0.29, 0.717) is 12.2 Å². The Balaban J connectivity index is 1.54. The monoisotopic (exact) mass is 375 g/mol. The Morgan fingerprint density at radius 2 is 1.81 bits per heavy atom. The second-order valence-electron chi connectivity index (χ2n) is 5.96. The number of ether oxygens (including phenoxy) is 1.